The van der Waals surface area contributed by atoms with Gasteiger partial charge in [0.05, 0.1) is 13.1 Å². The highest BCUT2D eigenvalue weighted by atomic mass is 32.1. The molecule has 0 aromatic carbocycles. The number of thiophene rings is 1. The molecule has 8 nitrogen and oxygen atoms in total. The topological polar surface area (TPSA) is 80.3 Å². The molecule has 2 fully saturated rings. The van der Waals surface area contributed by atoms with Crippen LogP contribution in [0.5, 0.6) is 0 Å². The minimum atomic E-state index is -0.0224. The Morgan fingerprint density at radius 3 is 2.61 bits per heavy atom. The van der Waals surface area contributed by atoms with E-state index < -0.39 is 0 Å². The van der Waals surface area contributed by atoms with Crippen LogP contribution >= 0.6 is 11.3 Å². The Balaban J connectivity index is 1.52. The highest BCUT2D eigenvalue weighted by molar-refractivity contribution is 7.09. The molecule has 154 valence electrons. The van der Waals surface area contributed by atoms with Crippen LogP contribution in [0.3, 0.4) is 0 Å². The van der Waals surface area contributed by atoms with Gasteiger partial charge in [-0.1, -0.05) is 6.07 Å². The van der Waals surface area contributed by atoms with Gasteiger partial charge in [0, 0.05) is 51.2 Å². The Kier molecular flexibility index (Phi) is 7.27. The van der Waals surface area contributed by atoms with Gasteiger partial charge in [-0.05, 0) is 24.3 Å². The summed E-state index contributed by atoms with van der Waals surface area (Å²) in [6, 6.07) is 4.51. The molecule has 1 saturated heterocycles. The molecule has 3 rings (SSSR count). The fourth-order valence-electron chi connectivity index (χ4n) is 2.95. The van der Waals surface area contributed by atoms with Crippen molar-refractivity contribution >= 4 is 29.1 Å². The molecule has 2 amide bonds. The summed E-state index contributed by atoms with van der Waals surface area (Å²) in [5.41, 5.74) is 0. The second kappa shape index (κ2) is 9.88. The van der Waals surface area contributed by atoms with Crippen molar-refractivity contribution in [3.63, 3.8) is 0 Å². The van der Waals surface area contributed by atoms with Crippen molar-refractivity contribution in [2.75, 3.05) is 53.4 Å². The SMILES string of the molecule is CN(C)C(=O)CN=C(NCc1cccs1)N1CCN(CC(=O)NC2CC2)CC1. The molecule has 2 N–H and O–H groups in total. The van der Waals surface area contributed by atoms with Crippen LogP contribution < -0.4 is 10.6 Å². The van der Waals surface area contributed by atoms with E-state index in [0.717, 1.165) is 45.0 Å². The molecule has 1 saturated carbocycles. The Bertz CT molecular complexity index is 679. The van der Waals surface area contributed by atoms with E-state index in [9.17, 15) is 9.59 Å². The van der Waals surface area contributed by atoms with E-state index in [1.54, 1.807) is 30.3 Å². The summed E-state index contributed by atoms with van der Waals surface area (Å²) in [6.45, 7) is 4.45. The maximum Gasteiger partial charge on any atom is 0.243 e. The molecular formula is C19H30N6O2S. The summed E-state index contributed by atoms with van der Waals surface area (Å²) >= 11 is 1.69. The lowest BCUT2D eigenvalue weighted by molar-refractivity contribution is -0.127. The average molecular weight is 407 g/mol. The first-order chi connectivity index (χ1) is 13.5. The normalized spacial score (nSPS) is 18.1. The first-order valence-electron chi connectivity index (χ1n) is 9.79. The van der Waals surface area contributed by atoms with Gasteiger partial charge in [0.1, 0.15) is 6.54 Å². The van der Waals surface area contributed by atoms with Gasteiger partial charge in [0.2, 0.25) is 11.8 Å². The molecule has 1 aliphatic heterocycles. The Morgan fingerprint density at radius 2 is 2.00 bits per heavy atom. The first-order valence-corrected chi connectivity index (χ1v) is 10.7. The number of guanidine groups is 1. The van der Waals surface area contributed by atoms with Crippen LogP contribution in [0.15, 0.2) is 22.5 Å². The molecule has 9 heteroatoms. The number of rotatable bonds is 7. The van der Waals surface area contributed by atoms with Gasteiger partial charge in [-0.15, -0.1) is 11.3 Å². The molecule has 2 heterocycles. The van der Waals surface area contributed by atoms with Gasteiger partial charge in [-0.25, -0.2) is 4.99 Å². The smallest absolute Gasteiger partial charge is 0.243 e. The zero-order valence-corrected chi connectivity index (χ0v) is 17.5. The van der Waals surface area contributed by atoms with Gasteiger partial charge in [-0.3, -0.25) is 14.5 Å². The molecule has 1 aromatic rings. The van der Waals surface area contributed by atoms with E-state index in [-0.39, 0.29) is 18.4 Å². The zero-order chi connectivity index (χ0) is 19.9. The lowest BCUT2D eigenvalue weighted by Crippen LogP contribution is -2.54. The number of carbonyl (C=O) groups excluding carboxylic acids is 2. The Morgan fingerprint density at radius 1 is 1.25 bits per heavy atom. The quantitative estimate of drug-likeness (QED) is 0.499. The van der Waals surface area contributed by atoms with Gasteiger partial charge < -0.3 is 20.4 Å². The minimum absolute atomic E-state index is 0.0224. The highest BCUT2D eigenvalue weighted by Gasteiger charge is 2.26. The number of likely N-dealkylation sites (N-methyl/N-ethyl adjacent to an activating group) is 1. The summed E-state index contributed by atoms with van der Waals surface area (Å²) in [7, 11) is 3.48. The molecule has 1 aromatic heterocycles. The maximum atomic E-state index is 12.0. The second-order valence-corrected chi connectivity index (χ2v) is 8.50. The number of hydrogen-bond donors (Lipinski definition) is 2. The number of aliphatic imine (C=N–C) groups is 1. The van der Waals surface area contributed by atoms with Gasteiger partial charge in [0.25, 0.3) is 0 Å². The standard InChI is InChI=1S/C19H30N6O2S/c1-23(2)18(27)13-21-19(20-12-16-4-3-11-28-16)25-9-7-24(8-10-25)14-17(26)22-15-5-6-15/h3-4,11,15H,5-10,12-14H2,1-2H3,(H,20,21)(H,22,26). The Hall–Kier alpha value is -2.13. The number of nitrogens with zero attached hydrogens (tertiary/aromatic N) is 4. The highest BCUT2D eigenvalue weighted by Crippen LogP contribution is 2.18. The molecule has 0 bridgehead atoms. The predicted molar refractivity (Wildman–Crippen MR) is 111 cm³/mol. The van der Waals surface area contributed by atoms with Crippen LogP contribution in [0.1, 0.15) is 17.7 Å². The zero-order valence-electron chi connectivity index (χ0n) is 16.7. The fourth-order valence-corrected chi connectivity index (χ4v) is 3.60. The largest absolute Gasteiger partial charge is 0.352 e. The predicted octanol–water partition coefficient (Wildman–Crippen LogP) is 0.178. The summed E-state index contributed by atoms with van der Waals surface area (Å²) in [4.78, 5) is 35.6. The molecule has 28 heavy (non-hydrogen) atoms. The van der Waals surface area contributed by atoms with Crippen molar-refractivity contribution in [2.45, 2.75) is 25.4 Å². The lowest BCUT2D eigenvalue weighted by Gasteiger charge is -2.36. The van der Waals surface area contributed by atoms with E-state index in [0.29, 0.717) is 19.1 Å². The van der Waals surface area contributed by atoms with Crippen LogP contribution in [0, 0.1) is 0 Å². The van der Waals surface area contributed by atoms with Crippen LogP contribution in [-0.4, -0.2) is 91.9 Å². The molecule has 1 aliphatic carbocycles. The number of carbonyl (C=O) groups is 2. The average Bonchev–Trinajstić information content (AvgIpc) is 3.32. The third-order valence-electron chi connectivity index (χ3n) is 4.85. The summed E-state index contributed by atoms with van der Waals surface area (Å²) < 4.78 is 0. The molecule has 0 unspecified atom stereocenters. The fraction of sp³-hybridized carbons (Fsp3) is 0.632. The minimum Gasteiger partial charge on any atom is -0.352 e. The number of piperazine rings is 1. The van der Waals surface area contributed by atoms with Gasteiger partial charge >= 0.3 is 0 Å². The molecule has 0 radical (unpaired) electrons. The van der Waals surface area contributed by atoms with Gasteiger partial charge in [-0.2, -0.15) is 0 Å². The second-order valence-electron chi connectivity index (χ2n) is 7.47. The summed E-state index contributed by atoms with van der Waals surface area (Å²) in [5.74, 6) is 0.855. The third kappa shape index (κ3) is 6.49. The molecular weight excluding hydrogens is 376 g/mol. The molecule has 2 aliphatic rings. The van der Waals surface area contributed by atoms with Crippen molar-refractivity contribution in [1.82, 2.24) is 25.3 Å². The molecule has 0 spiro atoms. The van der Waals surface area contributed by atoms with Crippen LogP contribution in [0.25, 0.3) is 0 Å². The number of nitrogens with one attached hydrogen (secondary N) is 2. The van der Waals surface area contributed by atoms with Crippen LogP contribution in [0.4, 0.5) is 0 Å². The van der Waals surface area contributed by atoms with E-state index in [4.69, 9.17) is 0 Å². The van der Waals surface area contributed by atoms with Crippen molar-refractivity contribution in [3.8, 4) is 0 Å². The summed E-state index contributed by atoms with van der Waals surface area (Å²) in [5, 5.41) is 8.49. The number of amides is 2. The van der Waals surface area contributed by atoms with Crippen LogP contribution in [0.2, 0.25) is 0 Å². The van der Waals surface area contributed by atoms with Crippen molar-refractivity contribution in [2.24, 2.45) is 4.99 Å². The van der Waals surface area contributed by atoms with Crippen molar-refractivity contribution < 1.29 is 9.59 Å². The number of hydrogen-bond acceptors (Lipinski definition) is 5. The Labute approximate surface area is 170 Å². The first kappa shape index (κ1) is 20.6. The van der Waals surface area contributed by atoms with Crippen LogP contribution in [-0.2, 0) is 16.1 Å². The van der Waals surface area contributed by atoms with Crippen molar-refractivity contribution in [3.05, 3.63) is 22.4 Å². The van der Waals surface area contributed by atoms with Gasteiger partial charge in [0.15, 0.2) is 5.96 Å². The maximum absolute atomic E-state index is 12.0. The van der Waals surface area contributed by atoms with E-state index >= 15 is 0 Å². The summed E-state index contributed by atoms with van der Waals surface area (Å²) in [6.07, 6.45) is 2.22. The monoisotopic (exact) mass is 406 g/mol. The van der Waals surface area contributed by atoms with E-state index in [1.807, 2.05) is 6.07 Å². The third-order valence-corrected chi connectivity index (χ3v) is 5.72. The molecule has 0 atom stereocenters. The van der Waals surface area contributed by atoms with Crippen molar-refractivity contribution in [1.29, 1.82) is 0 Å². The lowest BCUT2D eigenvalue weighted by atomic mass is 10.3. The van der Waals surface area contributed by atoms with E-state index in [2.05, 4.69) is 36.9 Å². The van der Waals surface area contributed by atoms with E-state index in [1.165, 1.54) is 4.88 Å².